The fourth-order valence-corrected chi connectivity index (χ4v) is 2.97. The van der Waals surface area contributed by atoms with Crippen molar-refractivity contribution in [1.82, 2.24) is 4.57 Å². The van der Waals surface area contributed by atoms with Crippen molar-refractivity contribution in [2.75, 3.05) is 0 Å². The van der Waals surface area contributed by atoms with Gasteiger partial charge in [0.25, 0.3) is 5.82 Å². The van der Waals surface area contributed by atoms with E-state index in [1.807, 2.05) is 12.1 Å². The molecule has 2 rings (SSSR count). The summed E-state index contributed by atoms with van der Waals surface area (Å²) in [6.07, 6.45) is 4.74. The quantitative estimate of drug-likeness (QED) is 0.653. The molecule has 0 unspecified atom stereocenters. The van der Waals surface area contributed by atoms with Gasteiger partial charge in [0, 0.05) is 19.1 Å². The average Bonchev–Trinajstić information content (AvgIpc) is 2.67. The molecule has 0 atom stereocenters. The van der Waals surface area contributed by atoms with Crippen LogP contribution in [0, 0.1) is 6.92 Å². The van der Waals surface area contributed by atoms with E-state index >= 15 is 0 Å². The molecule has 0 N–H and O–H groups in total. The van der Waals surface area contributed by atoms with Crippen molar-refractivity contribution in [3.05, 3.63) is 28.0 Å². The first-order chi connectivity index (χ1) is 9.60. The third-order valence-electron chi connectivity index (χ3n) is 3.85. The fraction of sp³-hybridized carbons (Fsp3) is 0.562. The molecule has 0 bridgehead atoms. The van der Waals surface area contributed by atoms with Gasteiger partial charge in [0.1, 0.15) is 0 Å². The molecule has 0 aliphatic carbocycles. The molecule has 0 aliphatic heterocycles. The van der Waals surface area contributed by atoms with Gasteiger partial charge in [-0.2, -0.15) is 0 Å². The van der Waals surface area contributed by atoms with Crippen LogP contribution in [0.4, 0.5) is 0 Å². The van der Waals surface area contributed by atoms with Gasteiger partial charge in [-0.25, -0.2) is 9.13 Å². The van der Waals surface area contributed by atoms with Gasteiger partial charge in [0.2, 0.25) is 0 Å². The molecule has 0 fully saturated rings. The number of fused-ring (bicyclic) bond motifs is 1. The molecule has 0 radical (unpaired) electrons. The second-order valence-corrected chi connectivity index (χ2v) is 6.13. The number of halogens is 2. The maximum Gasteiger partial charge on any atom is 0.254 e. The summed E-state index contributed by atoms with van der Waals surface area (Å²) in [7, 11) is 0. The zero-order chi connectivity index (χ0) is 14.7. The van der Waals surface area contributed by atoms with Crippen LogP contribution in [-0.2, 0) is 13.1 Å². The largest absolute Gasteiger partial charge is 0.254 e. The monoisotopic (exact) mass is 313 g/mol. The Labute approximate surface area is 131 Å². The van der Waals surface area contributed by atoms with E-state index in [0.29, 0.717) is 10.0 Å². The van der Waals surface area contributed by atoms with Crippen molar-refractivity contribution in [3.63, 3.8) is 0 Å². The summed E-state index contributed by atoms with van der Waals surface area (Å²) in [5.74, 6) is 1.29. The maximum atomic E-state index is 6.21. The molecule has 0 aliphatic rings. The number of benzene rings is 1. The minimum absolute atomic E-state index is 0.636. The first-order valence-electron chi connectivity index (χ1n) is 7.47. The molecule has 0 spiro atoms. The Morgan fingerprint density at radius 2 is 1.70 bits per heavy atom. The Bertz CT molecular complexity index is 551. The number of nitrogens with zero attached hydrogens (tertiary/aromatic N) is 2. The van der Waals surface area contributed by atoms with E-state index in [1.54, 1.807) is 0 Å². The molecule has 0 saturated heterocycles. The third-order valence-corrected chi connectivity index (χ3v) is 4.57. The normalized spacial score (nSPS) is 11.4. The number of hydrogen-bond acceptors (Lipinski definition) is 0. The van der Waals surface area contributed by atoms with Gasteiger partial charge >= 0.3 is 0 Å². The first-order valence-corrected chi connectivity index (χ1v) is 8.23. The van der Waals surface area contributed by atoms with Crippen molar-refractivity contribution < 1.29 is 4.57 Å². The maximum absolute atomic E-state index is 6.21. The highest BCUT2D eigenvalue weighted by atomic mass is 35.5. The van der Waals surface area contributed by atoms with Crippen molar-refractivity contribution in [2.45, 2.75) is 59.5 Å². The Hall–Kier alpha value is -0.730. The zero-order valence-electron chi connectivity index (χ0n) is 12.5. The predicted octanol–water partition coefficient (Wildman–Crippen LogP) is 5.14. The lowest BCUT2D eigenvalue weighted by atomic mass is 10.3. The van der Waals surface area contributed by atoms with E-state index in [4.69, 9.17) is 23.2 Å². The van der Waals surface area contributed by atoms with Crippen molar-refractivity contribution in [1.29, 1.82) is 0 Å². The van der Waals surface area contributed by atoms with Crippen LogP contribution in [0.25, 0.3) is 11.0 Å². The van der Waals surface area contributed by atoms with Crippen molar-refractivity contribution in [2.24, 2.45) is 0 Å². The van der Waals surface area contributed by atoms with Crippen LogP contribution in [-0.4, -0.2) is 4.57 Å². The van der Waals surface area contributed by atoms with Crippen molar-refractivity contribution in [3.8, 4) is 0 Å². The number of unbranched alkanes of at least 4 members (excludes halogenated alkanes) is 2. The van der Waals surface area contributed by atoms with Gasteiger partial charge in [-0.15, -0.1) is 0 Å². The van der Waals surface area contributed by atoms with E-state index in [-0.39, 0.29) is 0 Å². The highest BCUT2D eigenvalue weighted by molar-refractivity contribution is 6.42. The van der Waals surface area contributed by atoms with Crippen LogP contribution in [0.5, 0.6) is 0 Å². The SMILES string of the molecule is CCCCn1c(C)[n+](CCCC)c2cc(Cl)c(Cl)cc21. The zero-order valence-corrected chi connectivity index (χ0v) is 14.1. The number of aryl methyl sites for hydroxylation is 2. The minimum Gasteiger partial charge on any atom is -0.227 e. The second kappa shape index (κ2) is 6.82. The highest BCUT2D eigenvalue weighted by Crippen LogP contribution is 2.28. The van der Waals surface area contributed by atoms with Gasteiger partial charge < -0.3 is 0 Å². The smallest absolute Gasteiger partial charge is 0.227 e. The molecule has 110 valence electrons. The lowest BCUT2D eigenvalue weighted by Gasteiger charge is -2.00. The van der Waals surface area contributed by atoms with Gasteiger partial charge in [0.05, 0.1) is 23.1 Å². The van der Waals surface area contributed by atoms with Gasteiger partial charge in [0.15, 0.2) is 11.0 Å². The molecule has 2 nitrogen and oxygen atoms in total. The molecule has 1 heterocycles. The van der Waals surface area contributed by atoms with Crippen LogP contribution in [0.2, 0.25) is 10.0 Å². The third kappa shape index (κ3) is 2.96. The summed E-state index contributed by atoms with van der Waals surface area (Å²) >= 11 is 12.4. The average molecular weight is 314 g/mol. The molecule has 20 heavy (non-hydrogen) atoms. The van der Waals surface area contributed by atoms with E-state index in [0.717, 1.165) is 13.1 Å². The van der Waals surface area contributed by atoms with Gasteiger partial charge in [-0.1, -0.05) is 49.9 Å². The second-order valence-electron chi connectivity index (χ2n) is 5.31. The van der Waals surface area contributed by atoms with Crippen LogP contribution in [0.1, 0.15) is 45.4 Å². The van der Waals surface area contributed by atoms with E-state index in [1.165, 1.54) is 42.5 Å². The lowest BCUT2D eigenvalue weighted by Crippen LogP contribution is -2.36. The summed E-state index contributed by atoms with van der Waals surface area (Å²) in [5.41, 5.74) is 2.39. The summed E-state index contributed by atoms with van der Waals surface area (Å²) in [6, 6.07) is 4.01. The molecular weight excluding hydrogens is 291 g/mol. The number of hydrogen-bond donors (Lipinski definition) is 0. The molecule has 0 amide bonds. The predicted molar refractivity (Wildman–Crippen MR) is 86.7 cm³/mol. The van der Waals surface area contributed by atoms with Crippen LogP contribution < -0.4 is 4.57 Å². The molecular formula is C16H23Cl2N2+. The summed E-state index contributed by atoms with van der Waals surface area (Å²) in [4.78, 5) is 0. The summed E-state index contributed by atoms with van der Waals surface area (Å²) < 4.78 is 4.74. The van der Waals surface area contributed by atoms with Crippen LogP contribution >= 0.6 is 23.2 Å². The first kappa shape index (κ1) is 15.7. The Kier molecular flexibility index (Phi) is 5.34. The molecule has 1 aromatic heterocycles. The minimum atomic E-state index is 0.636. The van der Waals surface area contributed by atoms with Crippen LogP contribution in [0.15, 0.2) is 12.1 Å². The van der Waals surface area contributed by atoms with E-state index in [9.17, 15) is 0 Å². The molecule has 1 aromatic carbocycles. The standard InChI is InChI=1S/C16H23Cl2N2/c1-4-6-8-19-12(3)20(9-7-5-2)16-11-14(18)13(17)10-15(16)19/h10-11H,4-9H2,1-3H3/q+1. The number of imidazole rings is 1. The van der Waals surface area contributed by atoms with Crippen molar-refractivity contribution >= 4 is 34.2 Å². The van der Waals surface area contributed by atoms with E-state index < -0.39 is 0 Å². The Balaban J connectivity index is 2.58. The van der Waals surface area contributed by atoms with Gasteiger partial charge in [-0.05, 0) is 12.8 Å². The van der Waals surface area contributed by atoms with E-state index in [2.05, 4.69) is 29.9 Å². The number of rotatable bonds is 6. The molecule has 0 saturated carbocycles. The molecule has 4 heteroatoms. The number of aromatic nitrogens is 2. The lowest BCUT2D eigenvalue weighted by molar-refractivity contribution is -0.678. The Morgan fingerprint density at radius 1 is 1.05 bits per heavy atom. The summed E-state index contributed by atoms with van der Waals surface area (Å²) in [5, 5.41) is 1.27. The fourth-order valence-electron chi connectivity index (χ4n) is 2.65. The molecule has 2 aromatic rings. The highest BCUT2D eigenvalue weighted by Gasteiger charge is 2.22. The topological polar surface area (TPSA) is 8.81 Å². The van der Waals surface area contributed by atoms with Crippen LogP contribution in [0.3, 0.4) is 0 Å². The Morgan fingerprint density at radius 3 is 2.35 bits per heavy atom. The summed E-state index contributed by atoms with van der Waals surface area (Å²) in [6.45, 7) is 8.70. The van der Waals surface area contributed by atoms with Gasteiger partial charge in [-0.3, -0.25) is 0 Å².